The molecule has 0 amide bonds. The van der Waals surface area contributed by atoms with E-state index < -0.39 is 0 Å². The highest BCUT2D eigenvalue weighted by Gasteiger charge is 2.17. The van der Waals surface area contributed by atoms with E-state index in [-0.39, 0.29) is 11.8 Å². The minimum atomic E-state index is 0.0448. The summed E-state index contributed by atoms with van der Waals surface area (Å²) in [5.74, 6) is 1.66. The summed E-state index contributed by atoms with van der Waals surface area (Å²) >= 11 is 2.16. The SMILES string of the molecule is CNc1nc(Nc2cnc(C#N)c(OC3CCCNC3)c2)ncc1I. The van der Waals surface area contributed by atoms with Crippen LogP contribution in [-0.4, -0.2) is 41.2 Å². The standard InChI is InChI=1S/C16H18IN7O/c1-19-15-12(17)9-22-16(24-15)23-10-5-14(13(6-18)21-7-10)25-11-3-2-4-20-8-11/h5,7,9,11,20H,2-4,8H2,1H3,(H2,19,22,23,24). The number of anilines is 3. The van der Waals surface area contributed by atoms with E-state index in [2.05, 4.69) is 59.6 Å². The zero-order valence-electron chi connectivity index (χ0n) is 13.7. The number of piperidine rings is 1. The third-order valence-electron chi connectivity index (χ3n) is 3.74. The van der Waals surface area contributed by atoms with E-state index in [1.54, 1.807) is 18.5 Å². The topological polar surface area (TPSA) is 108 Å². The third-order valence-corrected chi connectivity index (χ3v) is 4.53. The quantitative estimate of drug-likeness (QED) is 0.595. The lowest BCUT2D eigenvalue weighted by atomic mass is 10.1. The molecule has 1 fully saturated rings. The first kappa shape index (κ1) is 17.6. The van der Waals surface area contributed by atoms with Gasteiger partial charge in [-0.05, 0) is 42.0 Å². The van der Waals surface area contributed by atoms with E-state index in [0.29, 0.717) is 17.4 Å². The maximum Gasteiger partial charge on any atom is 0.229 e. The maximum absolute atomic E-state index is 9.27. The molecule has 0 aliphatic carbocycles. The smallest absolute Gasteiger partial charge is 0.229 e. The number of halogens is 1. The molecule has 25 heavy (non-hydrogen) atoms. The molecule has 3 heterocycles. The fourth-order valence-electron chi connectivity index (χ4n) is 2.52. The Morgan fingerprint density at radius 1 is 1.40 bits per heavy atom. The Morgan fingerprint density at radius 3 is 3.00 bits per heavy atom. The highest BCUT2D eigenvalue weighted by molar-refractivity contribution is 14.1. The molecule has 2 aromatic rings. The Balaban J connectivity index is 1.80. The van der Waals surface area contributed by atoms with E-state index in [1.807, 2.05) is 7.05 Å². The first-order valence-electron chi connectivity index (χ1n) is 7.94. The van der Waals surface area contributed by atoms with Gasteiger partial charge in [0.25, 0.3) is 0 Å². The molecule has 8 nitrogen and oxygen atoms in total. The number of aromatic nitrogens is 3. The van der Waals surface area contributed by atoms with E-state index in [0.717, 1.165) is 35.3 Å². The van der Waals surface area contributed by atoms with Gasteiger partial charge < -0.3 is 20.7 Å². The average Bonchev–Trinajstić information content (AvgIpc) is 2.64. The molecule has 3 rings (SSSR count). The van der Waals surface area contributed by atoms with E-state index in [9.17, 15) is 5.26 Å². The number of nitriles is 1. The van der Waals surface area contributed by atoms with E-state index in [1.165, 1.54) is 0 Å². The second-order valence-corrected chi connectivity index (χ2v) is 6.70. The summed E-state index contributed by atoms with van der Waals surface area (Å²) in [6.45, 7) is 1.77. The molecule has 0 bridgehead atoms. The van der Waals surface area contributed by atoms with Gasteiger partial charge in [0, 0.05) is 25.9 Å². The number of nitrogens with zero attached hydrogens (tertiary/aromatic N) is 4. The molecule has 0 aromatic carbocycles. The molecule has 1 atom stereocenters. The Bertz CT molecular complexity index is 787. The van der Waals surface area contributed by atoms with Crippen molar-refractivity contribution < 1.29 is 4.74 Å². The van der Waals surface area contributed by atoms with Crippen molar-refractivity contribution in [2.75, 3.05) is 30.8 Å². The first-order chi connectivity index (χ1) is 12.2. The molecule has 1 aliphatic heterocycles. The van der Waals surface area contributed by atoms with Crippen molar-refractivity contribution >= 4 is 40.0 Å². The number of pyridine rings is 1. The molecule has 9 heteroatoms. The largest absolute Gasteiger partial charge is 0.486 e. The van der Waals surface area contributed by atoms with Gasteiger partial charge in [0.1, 0.15) is 18.0 Å². The van der Waals surface area contributed by atoms with Crippen molar-refractivity contribution in [3.63, 3.8) is 0 Å². The average molecular weight is 451 g/mol. The summed E-state index contributed by atoms with van der Waals surface area (Å²) < 4.78 is 6.91. The number of rotatable bonds is 5. The summed E-state index contributed by atoms with van der Waals surface area (Å²) in [5, 5.41) is 18.7. The van der Waals surface area contributed by atoms with Gasteiger partial charge in [-0.15, -0.1) is 0 Å². The Labute approximate surface area is 159 Å². The van der Waals surface area contributed by atoms with Crippen LogP contribution in [0.4, 0.5) is 17.5 Å². The normalized spacial score (nSPS) is 16.8. The Kier molecular flexibility index (Phi) is 5.83. The predicted octanol–water partition coefficient (Wildman–Crippen LogP) is 2.26. The van der Waals surface area contributed by atoms with Gasteiger partial charge in [-0.2, -0.15) is 10.2 Å². The molecule has 2 aromatic heterocycles. The number of hydrogen-bond donors (Lipinski definition) is 3. The lowest BCUT2D eigenvalue weighted by Gasteiger charge is -2.24. The maximum atomic E-state index is 9.27. The minimum absolute atomic E-state index is 0.0448. The fourth-order valence-corrected chi connectivity index (χ4v) is 3.05. The van der Waals surface area contributed by atoms with Crippen molar-refractivity contribution in [1.82, 2.24) is 20.3 Å². The van der Waals surface area contributed by atoms with Gasteiger partial charge >= 0.3 is 0 Å². The second-order valence-electron chi connectivity index (χ2n) is 5.53. The lowest BCUT2D eigenvalue weighted by molar-refractivity contribution is 0.166. The van der Waals surface area contributed by atoms with Crippen molar-refractivity contribution in [1.29, 1.82) is 5.26 Å². The van der Waals surface area contributed by atoms with Gasteiger partial charge in [0.15, 0.2) is 11.4 Å². The van der Waals surface area contributed by atoms with Crippen LogP contribution in [0.5, 0.6) is 5.75 Å². The van der Waals surface area contributed by atoms with Gasteiger partial charge in [-0.3, -0.25) is 0 Å². The number of hydrogen-bond acceptors (Lipinski definition) is 8. The lowest BCUT2D eigenvalue weighted by Crippen LogP contribution is -2.37. The van der Waals surface area contributed by atoms with Crippen LogP contribution in [0.15, 0.2) is 18.5 Å². The highest BCUT2D eigenvalue weighted by atomic mass is 127. The van der Waals surface area contributed by atoms with E-state index >= 15 is 0 Å². The summed E-state index contributed by atoms with van der Waals surface area (Å²) in [5.41, 5.74) is 0.941. The molecular weight excluding hydrogens is 433 g/mol. The van der Waals surface area contributed by atoms with Crippen LogP contribution in [0, 0.1) is 14.9 Å². The monoisotopic (exact) mass is 451 g/mol. The van der Waals surface area contributed by atoms with Gasteiger partial charge in [0.05, 0.1) is 15.5 Å². The Hall–Kier alpha value is -2.19. The molecule has 0 radical (unpaired) electrons. The van der Waals surface area contributed by atoms with Crippen molar-refractivity contribution in [3.05, 3.63) is 27.7 Å². The first-order valence-corrected chi connectivity index (χ1v) is 9.02. The van der Waals surface area contributed by atoms with Crippen LogP contribution in [0.2, 0.25) is 0 Å². The van der Waals surface area contributed by atoms with Crippen molar-refractivity contribution in [3.8, 4) is 11.8 Å². The van der Waals surface area contributed by atoms with Crippen molar-refractivity contribution in [2.24, 2.45) is 0 Å². The third kappa shape index (κ3) is 4.46. The predicted molar refractivity (Wildman–Crippen MR) is 103 cm³/mol. The summed E-state index contributed by atoms with van der Waals surface area (Å²) in [6, 6.07) is 3.84. The molecule has 3 N–H and O–H groups in total. The van der Waals surface area contributed by atoms with Crippen LogP contribution in [0.1, 0.15) is 18.5 Å². The fraction of sp³-hybridized carbons (Fsp3) is 0.375. The van der Waals surface area contributed by atoms with E-state index in [4.69, 9.17) is 4.74 Å². The summed E-state index contributed by atoms with van der Waals surface area (Å²) in [7, 11) is 1.81. The molecule has 1 saturated heterocycles. The van der Waals surface area contributed by atoms with Crippen LogP contribution in [-0.2, 0) is 0 Å². The highest BCUT2D eigenvalue weighted by Crippen LogP contribution is 2.25. The van der Waals surface area contributed by atoms with Gasteiger partial charge in [0.2, 0.25) is 5.95 Å². The number of ether oxygens (including phenoxy) is 1. The van der Waals surface area contributed by atoms with Crippen molar-refractivity contribution in [2.45, 2.75) is 18.9 Å². The van der Waals surface area contributed by atoms with Crippen LogP contribution in [0.25, 0.3) is 0 Å². The minimum Gasteiger partial charge on any atom is -0.486 e. The van der Waals surface area contributed by atoms with Crippen LogP contribution >= 0.6 is 22.6 Å². The van der Waals surface area contributed by atoms with Crippen LogP contribution < -0.4 is 20.7 Å². The molecule has 1 aliphatic rings. The number of nitrogens with one attached hydrogen (secondary N) is 3. The molecule has 1 unspecified atom stereocenters. The second kappa shape index (κ2) is 8.26. The molecule has 130 valence electrons. The Morgan fingerprint density at radius 2 is 2.28 bits per heavy atom. The molecule has 0 saturated carbocycles. The van der Waals surface area contributed by atoms with Crippen LogP contribution in [0.3, 0.4) is 0 Å². The van der Waals surface area contributed by atoms with Gasteiger partial charge in [-0.25, -0.2) is 9.97 Å². The van der Waals surface area contributed by atoms with Gasteiger partial charge in [-0.1, -0.05) is 0 Å². The summed E-state index contributed by atoms with van der Waals surface area (Å²) in [6.07, 6.45) is 5.36. The zero-order chi connectivity index (χ0) is 17.6. The molecular formula is C16H18IN7O. The summed E-state index contributed by atoms with van der Waals surface area (Å²) in [4.78, 5) is 12.8. The molecule has 0 spiro atoms. The zero-order valence-corrected chi connectivity index (χ0v) is 15.9.